The Morgan fingerprint density at radius 2 is 2.08 bits per heavy atom. The molecule has 0 radical (unpaired) electrons. The van der Waals surface area contributed by atoms with E-state index in [4.69, 9.17) is 0 Å². The van der Waals surface area contributed by atoms with Crippen LogP contribution in [0.2, 0.25) is 0 Å². The maximum Gasteiger partial charge on any atom is 0.240 e. The fourth-order valence-electron chi connectivity index (χ4n) is 2.87. The molecule has 146 valence electrons. The Morgan fingerprint density at radius 1 is 1.35 bits per heavy atom. The first kappa shape index (κ1) is 21.1. The molecule has 2 rings (SSSR count). The van der Waals surface area contributed by atoms with Gasteiger partial charge in [-0.3, -0.25) is 14.7 Å². The minimum absolute atomic E-state index is 0.0189. The number of nitrogens with zero attached hydrogens (tertiary/aromatic N) is 3. The number of carbonyl (C=O) groups is 1. The normalized spacial score (nSPS) is 17.2. The van der Waals surface area contributed by atoms with Crippen molar-refractivity contribution in [2.75, 3.05) is 43.9 Å². The first-order chi connectivity index (χ1) is 12.4. The first-order valence-electron chi connectivity index (χ1n) is 8.84. The van der Waals surface area contributed by atoms with Gasteiger partial charge in [-0.15, -0.1) is 0 Å². The number of hydrogen-bond donors (Lipinski definition) is 1. The lowest BCUT2D eigenvalue weighted by Crippen LogP contribution is -2.55. The number of nitrogens with one attached hydrogen (secondary N) is 1. The number of carbonyl (C=O) groups excluding carboxylic acids is 1. The van der Waals surface area contributed by atoms with E-state index >= 15 is 0 Å². The summed E-state index contributed by atoms with van der Waals surface area (Å²) in [7, 11) is -3.41. The van der Waals surface area contributed by atoms with Crippen LogP contribution in [0.15, 0.2) is 24.5 Å². The topological polar surface area (TPSA) is 82.6 Å². The molecule has 1 fully saturated rings. The molecule has 26 heavy (non-hydrogen) atoms. The Kier molecular flexibility index (Phi) is 8.33. The summed E-state index contributed by atoms with van der Waals surface area (Å²) < 4.78 is 26.4. The molecule has 0 spiro atoms. The summed E-state index contributed by atoms with van der Waals surface area (Å²) in [5, 5.41) is 0. The van der Waals surface area contributed by atoms with Gasteiger partial charge in [0.1, 0.15) is 6.04 Å². The highest BCUT2D eigenvalue weighted by Gasteiger charge is 2.29. The van der Waals surface area contributed by atoms with Crippen LogP contribution < -0.4 is 4.72 Å². The van der Waals surface area contributed by atoms with Gasteiger partial charge < -0.3 is 4.90 Å². The van der Waals surface area contributed by atoms with Gasteiger partial charge in [0.25, 0.3) is 0 Å². The molecule has 7 nitrogen and oxygen atoms in total. The van der Waals surface area contributed by atoms with Gasteiger partial charge in [-0.25, -0.2) is 13.1 Å². The Balaban J connectivity index is 1.91. The third kappa shape index (κ3) is 6.53. The monoisotopic (exact) mass is 400 g/mol. The summed E-state index contributed by atoms with van der Waals surface area (Å²) in [6.07, 6.45) is 6.07. The third-order valence-electron chi connectivity index (χ3n) is 4.42. The Bertz CT molecular complexity index is 662. The number of hydrogen-bond acceptors (Lipinski definition) is 6. The van der Waals surface area contributed by atoms with E-state index in [0.717, 1.165) is 31.0 Å². The van der Waals surface area contributed by atoms with Gasteiger partial charge in [-0.1, -0.05) is 6.07 Å². The summed E-state index contributed by atoms with van der Waals surface area (Å²) in [5.74, 6) is 0.607. The number of piperazine rings is 1. The molecule has 0 saturated carbocycles. The summed E-state index contributed by atoms with van der Waals surface area (Å²) in [6, 6.07) is 3.30. The van der Waals surface area contributed by atoms with Gasteiger partial charge in [0.15, 0.2) is 0 Å². The van der Waals surface area contributed by atoms with E-state index in [1.54, 1.807) is 29.8 Å². The second-order valence-electron chi connectivity index (χ2n) is 6.32. The van der Waals surface area contributed by atoms with Gasteiger partial charge in [0.2, 0.25) is 15.9 Å². The quantitative estimate of drug-likeness (QED) is 0.660. The Hall–Kier alpha value is -1.16. The van der Waals surface area contributed by atoms with Crippen molar-refractivity contribution in [3.05, 3.63) is 30.1 Å². The Morgan fingerprint density at radius 3 is 2.65 bits per heavy atom. The SMILES string of the molecule is CCS(=O)(=O)NC(CCSC)C(=O)N1CCN(Cc2cccnc2)CC1. The highest BCUT2D eigenvalue weighted by molar-refractivity contribution is 7.98. The summed E-state index contributed by atoms with van der Waals surface area (Å²) in [5.41, 5.74) is 1.15. The smallest absolute Gasteiger partial charge is 0.240 e. The fraction of sp³-hybridized carbons (Fsp3) is 0.647. The van der Waals surface area contributed by atoms with Crippen molar-refractivity contribution < 1.29 is 13.2 Å². The van der Waals surface area contributed by atoms with Crippen molar-refractivity contribution in [3.63, 3.8) is 0 Å². The van der Waals surface area contributed by atoms with Gasteiger partial charge in [-0.05, 0) is 37.0 Å². The second-order valence-corrected chi connectivity index (χ2v) is 9.35. The van der Waals surface area contributed by atoms with E-state index in [9.17, 15) is 13.2 Å². The number of aromatic nitrogens is 1. The van der Waals surface area contributed by atoms with Crippen LogP contribution in [0.3, 0.4) is 0 Å². The van der Waals surface area contributed by atoms with E-state index in [-0.39, 0.29) is 11.7 Å². The molecule has 1 aliphatic rings. The predicted molar refractivity (Wildman–Crippen MR) is 105 cm³/mol. The van der Waals surface area contributed by atoms with E-state index in [1.807, 2.05) is 24.6 Å². The lowest BCUT2D eigenvalue weighted by molar-refractivity contribution is -0.134. The molecule has 1 aromatic heterocycles. The number of rotatable bonds is 9. The lowest BCUT2D eigenvalue weighted by atomic mass is 10.2. The minimum Gasteiger partial charge on any atom is -0.339 e. The zero-order valence-electron chi connectivity index (χ0n) is 15.4. The van der Waals surface area contributed by atoms with Gasteiger partial charge in [-0.2, -0.15) is 11.8 Å². The van der Waals surface area contributed by atoms with Crippen LogP contribution in [0.5, 0.6) is 0 Å². The third-order valence-corrected chi connectivity index (χ3v) is 6.47. The summed E-state index contributed by atoms with van der Waals surface area (Å²) in [6.45, 7) is 5.17. The van der Waals surface area contributed by atoms with Crippen molar-refractivity contribution in [2.24, 2.45) is 0 Å². The number of amides is 1. The van der Waals surface area contributed by atoms with Crippen molar-refractivity contribution in [1.29, 1.82) is 0 Å². The molecule has 0 aromatic carbocycles. The van der Waals surface area contributed by atoms with Gasteiger partial charge >= 0.3 is 0 Å². The molecular formula is C17H28N4O3S2. The maximum absolute atomic E-state index is 12.8. The van der Waals surface area contributed by atoms with Crippen LogP contribution >= 0.6 is 11.8 Å². The van der Waals surface area contributed by atoms with Crippen LogP contribution in [-0.2, 0) is 21.4 Å². The molecule has 1 aromatic rings. The zero-order chi connectivity index (χ0) is 19.0. The minimum atomic E-state index is -3.41. The maximum atomic E-state index is 12.8. The van der Waals surface area contributed by atoms with E-state index in [2.05, 4.69) is 14.6 Å². The van der Waals surface area contributed by atoms with E-state index in [1.165, 1.54) is 0 Å². The lowest BCUT2D eigenvalue weighted by Gasteiger charge is -2.36. The molecule has 0 bridgehead atoms. The van der Waals surface area contributed by atoms with Crippen LogP contribution in [0.4, 0.5) is 0 Å². The van der Waals surface area contributed by atoms with Crippen molar-refractivity contribution in [1.82, 2.24) is 19.5 Å². The second kappa shape index (κ2) is 10.2. The average molecular weight is 401 g/mol. The Labute approximate surface area is 160 Å². The molecule has 2 heterocycles. The number of sulfonamides is 1. The zero-order valence-corrected chi connectivity index (χ0v) is 17.1. The summed E-state index contributed by atoms with van der Waals surface area (Å²) in [4.78, 5) is 21.0. The molecule has 9 heteroatoms. The number of thioether (sulfide) groups is 1. The molecule has 1 amide bonds. The summed E-state index contributed by atoms with van der Waals surface area (Å²) >= 11 is 1.61. The van der Waals surface area contributed by atoms with Crippen LogP contribution in [0, 0.1) is 0 Å². The molecular weight excluding hydrogens is 372 g/mol. The molecule has 1 atom stereocenters. The van der Waals surface area contributed by atoms with Gasteiger partial charge in [0, 0.05) is 45.1 Å². The fourth-order valence-corrected chi connectivity index (χ4v) is 4.16. The van der Waals surface area contributed by atoms with Crippen molar-refractivity contribution in [2.45, 2.75) is 25.9 Å². The molecule has 1 aliphatic heterocycles. The molecule has 1 N–H and O–H groups in total. The highest BCUT2D eigenvalue weighted by atomic mass is 32.2. The highest BCUT2D eigenvalue weighted by Crippen LogP contribution is 2.11. The van der Waals surface area contributed by atoms with Gasteiger partial charge in [0.05, 0.1) is 5.75 Å². The average Bonchev–Trinajstić information content (AvgIpc) is 2.66. The van der Waals surface area contributed by atoms with E-state index < -0.39 is 16.1 Å². The number of pyridine rings is 1. The molecule has 0 aliphatic carbocycles. The van der Waals surface area contributed by atoms with Crippen LogP contribution in [0.1, 0.15) is 18.9 Å². The first-order valence-corrected chi connectivity index (χ1v) is 11.9. The molecule has 1 unspecified atom stereocenters. The predicted octanol–water partition coefficient (Wildman–Crippen LogP) is 0.787. The van der Waals surface area contributed by atoms with Crippen LogP contribution in [0.25, 0.3) is 0 Å². The van der Waals surface area contributed by atoms with Crippen molar-refractivity contribution >= 4 is 27.7 Å². The van der Waals surface area contributed by atoms with Crippen LogP contribution in [-0.4, -0.2) is 79.1 Å². The van der Waals surface area contributed by atoms with E-state index in [0.29, 0.717) is 19.5 Å². The standard InChI is InChI=1S/C17H28N4O3S2/c1-3-26(23,24)19-16(6-12-25-2)17(22)21-10-8-20(9-11-21)14-15-5-4-7-18-13-15/h4-5,7,13,16,19H,3,6,8-12,14H2,1-2H3. The van der Waals surface area contributed by atoms with Crippen molar-refractivity contribution in [3.8, 4) is 0 Å². The largest absolute Gasteiger partial charge is 0.339 e. The molecule has 1 saturated heterocycles.